The highest BCUT2D eigenvalue weighted by atomic mass is 16.5. The van der Waals surface area contributed by atoms with Crippen molar-refractivity contribution in [3.63, 3.8) is 0 Å². The van der Waals surface area contributed by atoms with Crippen molar-refractivity contribution in [3.8, 4) is 0 Å². The Bertz CT molecular complexity index is 322. The van der Waals surface area contributed by atoms with Gasteiger partial charge in [0, 0.05) is 6.07 Å². The van der Waals surface area contributed by atoms with E-state index in [2.05, 4.69) is 0 Å². The third-order valence-electron chi connectivity index (χ3n) is 1.46. The van der Waals surface area contributed by atoms with Crippen molar-refractivity contribution in [1.29, 1.82) is 0 Å². The van der Waals surface area contributed by atoms with E-state index < -0.39 is 10.9 Å². The zero-order valence-corrected chi connectivity index (χ0v) is 6.37. The van der Waals surface area contributed by atoms with Crippen LogP contribution in [0.15, 0.2) is 15.7 Å². The Kier molecular flexibility index (Phi) is 1.78. The van der Waals surface area contributed by atoms with E-state index in [0.717, 1.165) is 11.1 Å². The van der Waals surface area contributed by atoms with Crippen LogP contribution < -0.4 is 15.9 Å². The summed E-state index contributed by atoms with van der Waals surface area (Å²) in [6, 6.07) is 0.945. The first-order valence-electron chi connectivity index (χ1n) is 3.32. The third-order valence-corrected chi connectivity index (χ3v) is 1.46. The summed E-state index contributed by atoms with van der Waals surface area (Å²) in [7, 11) is 0. The zero-order valence-electron chi connectivity index (χ0n) is 6.37. The van der Waals surface area contributed by atoms with Crippen molar-refractivity contribution >= 4 is 5.69 Å². The SMILES string of the molecule is CC(C)N(O)c1cc(=O)c1=O. The van der Waals surface area contributed by atoms with E-state index in [1.165, 1.54) is 0 Å². The minimum atomic E-state index is -0.610. The molecule has 4 nitrogen and oxygen atoms in total. The summed E-state index contributed by atoms with van der Waals surface area (Å²) >= 11 is 0. The van der Waals surface area contributed by atoms with E-state index in [9.17, 15) is 9.59 Å². The van der Waals surface area contributed by atoms with Crippen molar-refractivity contribution in [2.45, 2.75) is 19.9 Å². The van der Waals surface area contributed by atoms with Gasteiger partial charge in [-0.1, -0.05) is 0 Å². The van der Waals surface area contributed by atoms with Crippen LogP contribution in [0.25, 0.3) is 0 Å². The Labute approximate surface area is 63.3 Å². The smallest absolute Gasteiger partial charge is 0.251 e. The molecule has 0 aliphatic carbocycles. The molecule has 1 N–H and O–H groups in total. The van der Waals surface area contributed by atoms with Crippen LogP contribution in [0.5, 0.6) is 0 Å². The van der Waals surface area contributed by atoms with Crippen LogP contribution in [-0.2, 0) is 0 Å². The third kappa shape index (κ3) is 1.17. The minimum absolute atomic E-state index is 0.0880. The first kappa shape index (κ1) is 7.94. The van der Waals surface area contributed by atoms with Gasteiger partial charge >= 0.3 is 0 Å². The lowest BCUT2D eigenvalue weighted by molar-refractivity contribution is 0.227. The Morgan fingerprint density at radius 2 is 2.00 bits per heavy atom. The van der Waals surface area contributed by atoms with Gasteiger partial charge in [0.05, 0.1) is 6.04 Å². The molecule has 4 heteroatoms. The monoisotopic (exact) mass is 155 g/mol. The standard InChI is InChI=1S/C7H9NO3/c1-4(2)8(11)5-3-6(9)7(5)10/h3-4,11H,1-2H3. The second-order valence-electron chi connectivity index (χ2n) is 2.66. The van der Waals surface area contributed by atoms with Gasteiger partial charge < -0.3 is 0 Å². The molecule has 0 fully saturated rings. The summed E-state index contributed by atoms with van der Waals surface area (Å²) in [5, 5.41) is 9.92. The van der Waals surface area contributed by atoms with E-state index in [-0.39, 0.29) is 11.7 Å². The molecule has 0 spiro atoms. The number of hydrogen-bond donors (Lipinski definition) is 1. The lowest BCUT2D eigenvalue weighted by Crippen LogP contribution is -2.40. The second-order valence-corrected chi connectivity index (χ2v) is 2.66. The summed E-state index contributed by atoms with van der Waals surface area (Å²) in [6.45, 7) is 3.44. The average molecular weight is 155 g/mol. The first-order valence-corrected chi connectivity index (χ1v) is 3.32. The van der Waals surface area contributed by atoms with Gasteiger partial charge in [-0.25, -0.2) is 0 Å². The maximum absolute atomic E-state index is 10.7. The number of hydroxylamine groups is 1. The predicted octanol–water partition coefficient (Wildman–Crippen LogP) is -0.113. The molecule has 1 aromatic rings. The lowest BCUT2D eigenvalue weighted by atomic mass is 10.2. The lowest BCUT2D eigenvalue weighted by Gasteiger charge is -2.20. The molecule has 0 unspecified atom stereocenters. The summed E-state index contributed by atoms with van der Waals surface area (Å²) in [5.41, 5.74) is -1.06. The van der Waals surface area contributed by atoms with Gasteiger partial charge in [-0.05, 0) is 13.8 Å². The van der Waals surface area contributed by atoms with Gasteiger partial charge in [0.15, 0.2) is 0 Å². The molecule has 0 aliphatic heterocycles. The molecule has 11 heavy (non-hydrogen) atoms. The molecule has 0 aliphatic rings. The van der Waals surface area contributed by atoms with Crippen LogP contribution in [0.4, 0.5) is 5.69 Å². The van der Waals surface area contributed by atoms with Crippen LogP contribution in [0.3, 0.4) is 0 Å². The maximum atomic E-state index is 10.7. The zero-order chi connectivity index (χ0) is 8.59. The van der Waals surface area contributed by atoms with Gasteiger partial charge in [0.1, 0.15) is 5.69 Å². The van der Waals surface area contributed by atoms with E-state index in [1.54, 1.807) is 13.8 Å². The molecule has 0 radical (unpaired) electrons. The van der Waals surface area contributed by atoms with Crippen molar-refractivity contribution in [3.05, 3.63) is 26.5 Å². The topological polar surface area (TPSA) is 57.6 Å². The maximum Gasteiger partial charge on any atom is 0.251 e. The van der Waals surface area contributed by atoms with E-state index in [1.807, 2.05) is 0 Å². The van der Waals surface area contributed by atoms with E-state index in [0.29, 0.717) is 0 Å². The van der Waals surface area contributed by atoms with Gasteiger partial charge in [0.2, 0.25) is 5.43 Å². The average Bonchev–Trinajstić information content (AvgIpc) is 1.98. The normalized spacial score (nSPS) is 10.9. The number of rotatable bonds is 2. The van der Waals surface area contributed by atoms with Crippen molar-refractivity contribution in [1.82, 2.24) is 0 Å². The highest BCUT2D eigenvalue weighted by molar-refractivity contribution is 5.48. The van der Waals surface area contributed by atoms with Crippen LogP contribution in [0.2, 0.25) is 0 Å². The Morgan fingerprint density at radius 3 is 2.27 bits per heavy atom. The molecular formula is C7H9NO3. The van der Waals surface area contributed by atoms with Crippen molar-refractivity contribution < 1.29 is 5.21 Å². The highest BCUT2D eigenvalue weighted by Gasteiger charge is 2.17. The molecule has 1 rings (SSSR count). The molecule has 0 amide bonds. The van der Waals surface area contributed by atoms with E-state index in [4.69, 9.17) is 5.21 Å². The van der Waals surface area contributed by atoms with Crippen LogP contribution >= 0.6 is 0 Å². The fraction of sp³-hybridized carbons (Fsp3) is 0.429. The Hall–Kier alpha value is -1.16. The second kappa shape index (κ2) is 2.47. The molecule has 0 atom stereocenters. The van der Waals surface area contributed by atoms with Crippen molar-refractivity contribution in [2.75, 3.05) is 5.06 Å². The highest BCUT2D eigenvalue weighted by Crippen LogP contribution is 2.06. The molecule has 1 aromatic carbocycles. The van der Waals surface area contributed by atoms with Gasteiger partial charge in [-0.15, -0.1) is 0 Å². The summed E-state index contributed by atoms with van der Waals surface area (Å²) in [6.07, 6.45) is 0. The summed E-state index contributed by atoms with van der Waals surface area (Å²) in [5.74, 6) is 0. The quantitative estimate of drug-likeness (QED) is 0.478. The summed E-state index contributed by atoms with van der Waals surface area (Å²) in [4.78, 5) is 21.1. The van der Waals surface area contributed by atoms with E-state index >= 15 is 0 Å². The molecule has 0 bridgehead atoms. The summed E-state index contributed by atoms with van der Waals surface area (Å²) < 4.78 is 0. The molecular weight excluding hydrogens is 146 g/mol. The predicted molar refractivity (Wildman–Crippen MR) is 40.8 cm³/mol. The van der Waals surface area contributed by atoms with Gasteiger partial charge in [-0.2, -0.15) is 0 Å². The molecule has 0 heterocycles. The number of hydrogen-bond acceptors (Lipinski definition) is 4. The number of anilines is 1. The first-order chi connectivity index (χ1) is 5.04. The number of nitrogens with zero attached hydrogens (tertiary/aromatic N) is 1. The Balaban J connectivity index is 2.90. The fourth-order valence-electron chi connectivity index (χ4n) is 0.752. The Morgan fingerprint density at radius 1 is 1.45 bits per heavy atom. The van der Waals surface area contributed by atoms with Crippen LogP contribution in [-0.4, -0.2) is 11.2 Å². The van der Waals surface area contributed by atoms with Crippen LogP contribution in [0.1, 0.15) is 13.8 Å². The molecule has 0 aromatic heterocycles. The minimum Gasteiger partial charge on any atom is -0.288 e. The molecule has 0 saturated carbocycles. The van der Waals surface area contributed by atoms with Crippen molar-refractivity contribution in [2.24, 2.45) is 0 Å². The fourth-order valence-corrected chi connectivity index (χ4v) is 0.752. The van der Waals surface area contributed by atoms with Gasteiger partial charge in [0.25, 0.3) is 5.43 Å². The van der Waals surface area contributed by atoms with Gasteiger partial charge in [-0.3, -0.25) is 19.9 Å². The van der Waals surface area contributed by atoms with Crippen LogP contribution in [0, 0.1) is 0 Å². The largest absolute Gasteiger partial charge is 0.288 e. The molecule has 60 valence electrons. The molecule has 0 saturated heterocycles.